The number of nitrogens with one attached hydrogen (secondary N) is 1. The van der Waals surface area contributed by atoms with Crippen molar-refractivity contribution in [2.75, 3.05) is 25.1 Å². The van der Waals surface area contributed by atoms with Gasteiger partial charge in [0.05, 0.1) is 37.0 Å². The van der Waals surface area contributed by atoms with Gasteiger partial charge in [0.1, 0.15) is 17.8 Å². The van der Waals surface area contributed by atoms with Crippen LogP contribution in [0.1, 0.15) is 55.3 Å². The lowest BCUT2D eigenvalue weighted by Gasteiger charge is -2.41. The quantitative estimate of drug-likeness (QED) is 0.187. The summed E-state index contributed by atoms with van der Waals surface area (Å²) < 4.78 is 78.5. The van der Waals surface area contributed by atoms with Crippen LogP contribution in [0.25, 0.3) is 0 Å². The zero-order chi connectivity index (χ0) is 38.0. The summed E-state index contributed by atoms with van der Waals surface area (Å²) >= 11 is 6.65. The highest BCUT2D eigenvalue weighted by molar-refractivity contribution is 7.93. The zero-order valence-corrected chi connectivity index (χ0v) is 30.1. The van der Waals surface area contributed by atoms with E-state index in [2.05, 4.69) is 24.1 Å². The second-order valence-corrected chi connectivity index (χ2v) is 14.4. The minimum Gasteiger partial charge on any atom is -0.497 e. The SMILES string of the molecule is COc1ccc(S(=O)(=O)N2C(=O)C(c3cc(CNC(C)C)ccc3OC)(N3CCC[C@H]3c3ncco3)c3cc(Cl)ccc32)cc1.O=C(O)C(F)(F)F. The Balaban J connectivity index is 0.000000679. The summed E-state index contributed by atoms with van der Waals surface area (Å²) in [6.07, 6.45) is -0.647. The van der Waals surface area contributed by atoms with Crippen LogP contribution in [0, 0.1) is 0 Å². The fourth-order valence-corrected chi connectivity index (χ4v) is 8.06. The molecule has 17 heteroatoms. The molecule has 4 aromatic rings. The van der Waals surface area contributed by atoms with Gasteiger partial charge < -0.3 is 24.3 Å². The van der Waals surface area contributed by atoms with Crippen molar-refractivity contribution in [3.8, 4) is 11.5 Å². The molecular formula is C35H36ClF3N4O8S. The van der Waals surface area contributed by atoms with Gasteiger partial charge in [0.25, 0.3) is 15.9 Å². The highest BCUT2D eigenvalue weighted by atomic mass is 35.5. The number of aromatic nitrogens is 1. The summed E-state index contributed by atoms with van der Waals surface area (Å²) in [5.41, 5.74) is 0.397. The van der Waals surface area contributed by atoms with Crippen LogP contribution >= 0.6 is 11.6 Å². The first kappa shape index (κ1) is 38.6. The maximum absolute atomic E-state index is 15.4. The number of oxazole rings is 1. The average Bonchev–Trinajstić information content (AvgIpc) is 3.86. The molecule has 2 atom stereocenters. The number of aliphatic carboxylic acids is 1. The van der Waals surface area contributed by atoms with Gasteiger partial charge in [-0.05, 0) is 73.0 Å². The first-order valence-electron chi connectivity index (χ1n) is 16.0. The molecule has 2 aliphatic rings. The minimum atomic E-state index is -5.08. The maximum atomic E-state index is 15.4. The van der Waals surface area contributed by atoms with Crippen molar-refractivity contribution >= 4 is 39.2 Å². The monoisotopic (exact) mass is 764 g/mol. The fourth-order valence-electron chi connectivity index (χ4n) is 6.42. The third-order valence-corrected chi connectivity index (χ3v) is 10.6. The van der Waals surface area contributed by atoms with E-state index in [4.69, 9.17) is 35.4 Å². The van der Waals surface area contributed by atoms with Crippen molar-refractivity contribution in [1.29, 1.82) is 0 Å². The Labute approximate surface area is 303 Å². The fraction of sp³-hybridized carbons (Fsp3) is 0.343. The van der Waals surface area contributed by atoms with Crippen molar-refractivity contribution < 1.29 is 50.2 Å². The van der Waals surface area contributed by atoms with E-state index in [0.717, 1.165) is 16.3 Å². The number of hydrogen-bond donors (Lipinski definition) is 2. The molecule has 1 fully saturated rings. The third kappa shape index (κ3) is 7.20. The molecule has 0 bridgehead atoms. The van der Waals surface area contributed by atoms with Crippen LogP contribution in [-0.4, -0.2) is 68.3 Å². The molecular weight excluding hydrogens is 729 g/mol. The predicted octanol–water partition coefficient (Wildman–Crippen LogP) is 6.29. The Morgan fingerprint density at radius 1 is 1.10 bits per heavy atom. The zero-order valence-electron chi connectivity index (χ0n) is 28.5. The molecule has 0 radical (unpaired) electrons. The van der Waals surface area contributed by atoms with Crippen molar-refractivity contribution in [2.45, 2.75) is 61.9 Å². The number of methoxy groups -OCH3 is 2. The number of anilines is 1. The topological polar surface area (TPSA) is 152 Å². The molecule has 1 amide bonds. The lowest BCUT2D eigenvalue weighted by atomic mass is 9.80. The molecule has 0 aliphatic carbocycles. The van der Waals surface area contributed by atoms with Gasteiger partial charge in [-0.2, -0.15) is 13.2 Å². The minimum absolute atomic E-state index is 0.0547. The van der Waals surface area contributed by atoms with Crippen LogP contribution < -0.4 is 19.1 Å². The summed E-state index contributed by atoms with van der Waals surface area (Å²) in [5.74, 6) is -2.06. The van der Waals surface area contributed by atoms with E-state index < -0.39 is 39.7 Å². The lowest BCUT2D eigenvalue weighted by Crippen LogP contribution is -2.54. The number of sulfonamides is 1. The van der Waals surface area contributed by atoms with Gasteiger partial charge in [0.15, 0.2) is 5.54 Å². The summed E-state index contributed by atoms with van der Waals surface area (Å²) in [6.45, 7) is 5.09. The molecule has 0 spiro atoms. The second-order valence-electron chi connectivity index (χ2n) is 12.2. The normalized spacial score (nSPS) is 19.0. The smallest absolute Gasteiger partial charge is 0.490 e. The number of carbonyl (C=O) groups excluding carboxylic acids is 1. The largest absolute Gasteiger partial charge is 0.497 e. The number of ether oxygens (including phenoxy) is 2. The van der Waals surface area contributed by atoms with E-state index in [0.29, 0.717) is 53.0 Å². The first-order valence-corrected chi connectivity index (χ1v) is 17.8. The van der Waals surface area contributed by atoms with Gasteiger partial charge >= 0.3 is 12.1 Å². The molecule has 52 heavy (non-hydrogen) atoms. The summed E-state index contributed by atoms with van der Waals surface area (Å²) in [7, 11) is -1.36. The molecule has 278 valence electrons. The number of amides is 1. The summed E-state index contributed by atoms with van der Waals surface area (Å²) in [4.78, 5) is 30.7. The number of halogens is 4. The van der Waals surface area contributed by atoms with Crippen LogP contribution in [0.15, 0.2) is 82.4 Å². The van der Waals surface area contributed by atoms with Gasteiger partial charge in [-0.25, -0.2) is 22.5 Å². The number of carbonyl (C=O) groups is 2. The van der Waals surface area contributed by atoms with Crippen molar-refractivity contribution in [3.05, 3.63) is 101 Å². The number of carboxylic acids is 1. The molecule has 2 aliphatic heterocycles. The summed E-state index contributed by atoms with van der Waals surface area (Å²) in [6, 6.07) is 16.3. The molecule has 12 nitrogen and oxygen atoms in total. The van der Waals surface area contributed by atoms with Gasteiger partial charge in [0.2, 0.25) is 5.89 Å². The van der Waals surface area contributed by atoms with Crippen molar-refractivity contribution in [3.63, 3.8) is 0 Å². The number of rotatable bonds is 10. The van der Waals surface area contributed by atoms with Crippen LogP contribution in [-0.2, 0) is 31.7 Å². The summed E-state index contributed by atoms with van der Waals surface area (Å²) in [5, 5.41) is 10.9. The van der Waals surface area contributed by atoms with Crippen LogP contribution in [0.4, 0.5) is 18.9 Å². The van der Waals surface area contributed by atoms with Gasteiger partial charge in [-0.1, -0.05) is 31.5 Å². The number of likely N-dealkylation sites (tertiary alicyclic amines) is 1. The van der Waals surface area contributed by atoms with Crippen molar-refractivity contribution in [1.82, 2.24) is 15.2 Å². The molecule has 1 aromatic heterocycles. The number of carboxylic acid groups (broad SMARTS) is 1. The number of fused-ring (bicyclic) bond motifs is 1. The average molecular weight is 765 g/mol. The molecule has 1 unspecified atom stereocenters. The molecule has 3 aromatic carbocycles. The van der Waals surface area contributed by atoms with Crippen molar-refractivity contribution in [2.24, 2.45) is 0 Å². The highest BCUT2D eigenvalue weighted by Gasteiger charge is 2.62. The van der Waals surface area contributed by atoms with Gasteiger partial charge in [0, 0.05) is 35.3 Å². The number of alkyl halides is 3. The Hall–Kier alpha value is -4.64. The Morgan fingerprint density at radius 2 is 1.79 bits per heavy atom. The van der Waals surface area contributed by atoms with Crippen LogP contribution in [0.5, 0.6) is 11.5 Å². The van der Waals surface area contributed by atoms with Crippen LogP contribution in [0.2, 0.25) is 5.02 Å². The molecule has 1 saturated heterocycles. The van der Waals surface area contributed by atoms with E-state index in [9.17, 15) is 21.6 Å². The third-order valence-electron chi connectivity index (χ3n) is 8.69. The highest BCUT2D eigenvalue weighted by Crippen LogP contribution is 2.56. The van der Waals surface area contributed by atoms with E-state index in [1.54, 1.807) is 36.5 Å². The van der Waals surface area contributed by atoms with Crippen LogP contribution in [0.3, 0.4) is 0 Å². The standard InChI is InChI=1S/C33H35ClN4O6S.C2HF3O2/c1-21(2)36-20-22-7-14-30(43-4)27(18-22)33(37-16-5-6-29(37)31-35-15-17-44-31)26-19-23(34)8-13-28(26)38(32(33)39)45(40,41)25-11-9-24(42-3)10-12-25;3-2(4,5)1(6)7/h7-15,17-19,21,29,36H,5-6,16,20H2,1-4H3;(H,6,7)/t29-,33?;/m0./s1. The first-order chi connectivity index (χ1) is 24.6. The van der Waals surface area contributed by atoms with E-state index in [1.165, 1.54) is 32.6 Å². The second kappa shape index (κ2) is 15.1. The van der Waals surface area contributed by atoms with Gasteiger partial charge in [-0.15, -0.1) is 0 Å². The Kier molecular flexibility index (Phi) is 11.2. The maximum Gasteiger partial charge on any atom is 0.490 e. The van der Waals surface area contributed by atoms with E-state index in [1.807, 2.05) is 23.1 Å². The molecule has 6 rings (SSSR count). The predicted molar refractivity (Wildman–Crippen MR) is 184 cm³/mol. The molecule has 2 N–H and O–H groups in total. The molecule has 3 heterocycles. The van der Waals surface area contributed by atoms with E-state index >= 15 is 4.79 Å². The number of benzene rings is 3. The molecule has 0 saturated carbocycles. The Bertz CT molecular complexity index is 2030. The number of hydrogen-bond acceptors (Lipinski definition) is 10. The van der Waals surface area contributed by atoms with E-state index in [-0.39, 0.29) is 16.6 Å². The number of nitrogens with zero attached hydrogens (tertiary/aromatic N) is 3. The lowest BCUT2D eigenvalue weighted by molar-refractivity contribution is -0.192. The Morgan fingerprint density at radius 3 is 2.37 bits per heavy atom. The van der Waals surface area contributed by atoms with Gasteiger partial charge in [-0.3, -0.25) is 9.69 Å².